The predicted octanol–water partition coefficient (Wildman–Crippen LogP) is 4.30. The molecule has 4 nitrogen and oxygen atoms in total. The van der Waals surface area contributed by atoms with Gasteiger partial charge in [-0.15, -0.1) is 0 Å². The van der Waals surface area contributed by atoms with Gasteiger partial charge in [0.1, 0.15) is 0 Å². The Morgan fingerprint density at radius 1 is 0.923 bits per heavy atom. The van der Waals surface area contributed by atoms with Crippen LogP contribution >= 0.6 is 11.8 Å². The molecule has 1 fully saturated rings. The summed E-state index contributed by atoms with van der Waals surface area (Å²) in [6.45, 7) is 0. The first-order chi connectivity index (χ1) is 12.6. The van der Waals surface area contributed by atoms with E-state index >= 15 is 0 Å². The van der Waals surface area contributed by atoms with Gasteiger partial charge in [0.2, 0.25) is 5.91 Å². The van der Waals surface area contributed by atoms with Crippen LogP contribution in [0.25, 0.3) is 0 Å². The molecule has 2 aromatic carbocycles. The number of rotatable bonds is 5. The van der Waals surface area contributed by atoms with Gasteiger partial charge in [-0.1, -0.05) is 54.2 Å². The molecule has 26 heavy (non-hydrogen) atoms. The molecule has 4 atom stereocenters. The van der Waals surface area contributed by atoms with Crippen LogP contribution in [0, 0.1) is 23.7 Å². The number of fused-ring (bicyclic) bond motifs is 2. The van der Waals surface area contributed by atoms with Gasteiger partial charge in [-0.25, -0.2) is 0 Å². The number of carboxylic acid groups (broad SMARTS) is 1. The van der Waals surface area contributed by atoms with Crippen LogP contribution in [0.1, 0.15) is 6.42 Å². The normalized spacial score (nSPS) is 26.0. The summed E-state index contributed by atoms with van der Waals surface area (Å²) < 4.78 is 0. The molecule has 1 saturated carbocycles. The second-order valence-electron chi connectivity index (χ2n) is 6.74. The number of benzene rings is 2. The summed E-state index contributed by atoms with van der Waals surface area (Å²) in [6.07, 6.45) is 4.71. The third-order valence-electron chi connectivity index (χ3n) is 5.16. The van der Waals surface area contributed by atoms with Crippen LogP contribution in [0.3, 0.4) is 0 Å². The van der Waals surface area contributed by atoms with E-state index in [2.05, 4.69) is 5.32 Å². The Hall–Kier alpha value is -2.53. The molecule has 5 heteroatoms. The molecule has 2 bridgehead atoms. The lowest BCUT2D eigenvalue weighted by atomic mass is 9.82. The Balaban J connectivity index is 1.55. The fraction of sp³-hybridized carbons (Fsp3) is 0.238. The van der Waals surface area contributed by atoms with Crippen molar-refractivity contribution in [3.8, 4) is 0 Å². The monoisotopic (exact) mass is 365 g/mol. The van der Waals surface area contributed by atoms with E-state index < -0.39 is 17.8 Å². The maximum absolute atomic E-state index is 12.9. The van der Waals surface area contributed by atoms with E-state index in [1.807, 2.05) is 66.7 Å². The average Bonchev–Trinajstić information content (AvgIpc) is 3.25. The van der Waals surface area contributed by atoms with Gasteiger partial charge < -0.3 is 10.4 Å². The second kappa shape index (κ2) is 7.00. The van der Waals surface area contributed by atoms with Crippen molar-refractivity contribution in [3.05, 3.63) is 66.7 Å². The molecule has 0 unspecified atom stereocenters. The van der Waals surface area contributed by atoms with Crippen molar-refractivity contribution in [3.63, 3.8) is 0 Å². The van der Waals surface area contributed by atoms with Crippen LogP contribution in [0.4, 0.5) is 5.69 Å². The Kier molecular flexibility index (Phi) is 4.55. The molecule has 0 radical (unpaired) electrons. The molecule has 4 rings (SSSR count). The summed E-state index contributed by atoms with van der Waals surface area (Å²) >= 11 is 1.58. The number of carbonyl (C=O) groups is 2. The van der Waals surface area contributed by atoms with Crippen LogP contribution in [-0.2, 0) is 9.59 Å². The van der Waals surface area contributed by atoms with Crippen molar-refractivity contribution in [1.29, 1.82) is 0 Å². The van der Waals surface area contributed by atoms with E-state index in [9.17, 15) is 14.7 Å². The van der Waals surface area contributed by atoms with Crippen molar-refractivity contribution in [2.75, 3.05) is 5.32 Å². The summed E-state index contributed by atoms with van der Waals surface area (Å²) in [7, 11) is 0. The van der Waals surface area contributed by atoms with E-state index in [4.69, 9.17) is 0 Å². The van der Waals surface area contributed by atoms with Crippen molar-refractivity contribution < 1.29 is 14.7 Å². The molecule has 1 amide bonds. The molecule has 132 valence electrons. The molecule has 0 heterocycles. The predicted molar refractivity (Wildman–Crippen MR) is 101 cm³/mol. The van der Waals surface area contributed by atoms with Crippen molar-refractivity contribution >= 4 is 29.3 Å². The summed E-state index contributed by atoms with van der Waals surface area (Å²) in [6, 6.07) is 17.6. The molecular formula is C21H19NO3S. The average molecular weight is 365 g/mol. The number of aliphatic carboxylic acids is 1. The Labute approximate surface area is 156 Å². The molecule has 0 spiro atoms. The topological polar surface area (TPSA) is 66.4 Å². The highest BCUT2D eigenvalue weighted by Gasteiger charge is 2.51. The highest BCUT2D eigenvalue weighted by atomic mass is 32.2. The molecule has 2 aromatic rings. The fourth-order valence-electron chi connectivity index (χ4n) is 4.01. The van der Waals surface area contributed by atoms with Crippen LogP contribution in [0.5, 0.6) is 0 Å². The highest BCUT2D eigenvalue weighted by Crippen LogP contribution is 2.48. The minimum atomic E-state index is -0.881. The maximum Gasteiger partial charge on any atom is 0.307 e. The van der Waals surface area contributed by atoms with Gasteiger partial charge in [-0.05, 0) is 42.5 Å². The highest BCUT2D eigenvalue weighted by molar-refractivity contribution is 7.99. The van der Waals surface area contributed by atoms with Gasteiger partial charge in [0.05, 0.1) is 17.5 Å². The Morgan fingerprint density at radius 3 is 2.31 bits per heavy atom. The lowest BCUT2D eigenvalue weighted by Gasteiger charge is -2.24. The molecule has 0 aromatic heterocycles. The first-order valence-electron chi connectivity index (χ1n) is 8.67. The summed E-state index contributed by atoms with van der Waals surface area (Å²) in [5.74, 6) is -2.21. The molecular weight excluding hydrogens is 346 g/mol. The minimum Gasteiger partial charge on any atom is -0.481 e. The lowest BCUT2D eigenvalue weighted by molar-refractivity contribution is -0.146. The maximum atomic E-state index is 12.9. The first kappa shape index (κ1) is 16.9. The number of amides is 1. The van der Waals surface area contributed by atoms with Gasteiger partial charge >= 0.3 is 5.97 Å². The van der Waals surface area contributed by atoms with Crippen molar-refractivity contribution in [1.82, 2.24) is 0 Å². The first-order valence-corrected chi connectivity index (χ1v) is 9.49. The number of allylic oxidation sites excluding steroid dienone is 2. The summed E-state index contributed by atoms with van der Waals surface area (Å²) in [5, 5.41) is 12.5. The zero-order chi connectivity index (χ0) is 18.1. The van der Waals surface area contributed by atoms with Crippen molar-refractivity contribution in [2.24, 2.45) is 23.7 Å². The number of hydrogen-bond acceptors (Lipinski definition) is 3. The van der Waals surface area contributed by atoms with Crippen LogP contribution in [0.2, 0.25) is 0 Å². The fourth-order valence-corrected chi connectivity index (χ4v) is 4.93. The van der Waals surface area contributed by atoms with E-state index in [1.54, 1.807) is 11.8 Å². The number of anilines is 1. The van der Waals surface area contributed by atoms with Gasteiger partial charge in [-0.3, -0.25) is 9.59 Å². The minimum absolute atomic E-state index is 0.0232. The quantitative estimate of drug-likeness (QED) is 0.776. The standard InChI is InChI=1S/C21H19NO3S/c23-20(18-13-10-11-14(12-13)19(18)21(24)25)22-16-8-4-5-9-17(16)26-15-6-2-1-3-7-15/h1-11,13-14,18-19H,12H2,(H,22,23)(H,24,25)/t13-,14-,18+,19-/m0/s1. The zero-order valence-electron chi connectivity index (χ0n) is 14.0. The molecule has 0 saturated heterocycles. The van der Waals surface area contributed by atoms with Crippen LogP contribution in [-0.4, -0.2) is 17.0 Å². The zero-order valence-corrected chi connectivity index (χ0v) is 14.9. The lowest BCUT2D eigenvalue weighted by Crippen LogP contribution is -2.36. The molecule has 2 aliphatic carbocycles. The van der Waals surface area contributed by atoms with Crippen molar-refractivity contribution in [2.45, 2.75) is 16.2 Å². The number of carbonyl (C=O) groups excluding carboxylic acids is 1. The van der Waals surface area contributed by atoms with Crippen LogP contribution in [0.15, 0.2) is 76.5 Å². The Morgan fingerprint density at radius 2 is 1.58 bits per heavy atom. The van der Waals surface area contributed by atoms with Gasteiger partial charge in [-0.2, -0.15) is 0 Å². The SMILES string of the molecule is O=C(O)[C@@H]1[C@H](C(=O)Nc2ccccc2Sc2ccccc2)[C@H]2C=C[C@H]1C2. The van der Waals surface area contributed by atoms with E-state index in [-0.39, 0.29) is 17.7 Å². The van der Waals surface area contributed by atoms with Gasteiger partial charge in [0, 0.05) is 9.79 Å². The molecule has 0 aliphatic heterocycles. The van der Waals surface area contributed by atoms with E-state index in [1.165, 1.54) is 0 Å². The second-order valence-corrected chi connectivity index (χ2v) is 7.85. The molecule has 2 aliphatic rings. The smallest absolute Gasteiger partial charge is 0.307 e. The third kappa shape index (κ3) is 3.15. The number of para-hydroxylation sites is 1. The Bertz CT molecular complexity index is 865. The summed E-state index contributed by atoms with van der Waals surface area (Å²) in [4.78, 5) is 26.6. The number of carboxylic acids is 1. The van der Waals surface area contributed by atoms with Gasteiger partial charge in [0.25, 0.3) is 0 Å². The number of hydrogen-bond donors (Lipinski definition) is 2. The molecule has 2 N–H and O–H groups in total. The van der Waals surface area contributed by atoms with E-state index in [0.29, 0.717) is 0 Å². The van der Waals surface area contributed by atoms with Gasteiger partial charge in [0.15, 0.2) is 0 Å². The number of nitrogens with one attached hydrogen (secondary N) is 1. The largest absolute Gasteiger partial charge is 0.481 e. The summed E-state index contributed by atoms with van der Waals surface area (Å²) in [5.41, 5.74) is 0.724. The third-order valence-corrected chi connectivity index (χ3v) is 6.25. The van der Waals surface area contributed by atoms with E-state index in [0.717, 1.165) is 21.9 Å². The van der Waals surface area contributed by atoms with Crippen LogP contribution < -0.4 is 5.32 Å².